The second-order valence-corrected chi connectivity index (χ2v) is 6.48. The second-order valence-electron chi connectivity index (χ2n) is 5.56. The van der Waals surface area contributed by atoms with E-state index in [1.54, 1.807) is 12.1 Å². The fourth-order valence-electron chi connectivity index (χ4n) is 2.80. The lowest BCUT2D eigenvalue weighted by Gasteiger charge is -2.37. The molecular formula is C17H18BrNO. The molecular weight excluding hydrogens is 314 g/mol. The Morgan fingerprint density at radius 1 is 1.15 bits per heavy atom. The maximum absolute atomic E-state index is 9.43. The fraction of sp³-hybridized carbons (Fsp3) is 0.294. The Balaban J connectivity index is 1.61. The number of anilines is 1. The van der Waals surface area contributed by atoms with Crippen LogP contribution >= 0.6 is 15.9 Å². The summed E-state index contributed by atoms with van der Waals surface area (Å²) in [6.45, 7) is 2.02. The van der Waals surface area contributed by atoms with Crippen molar-refractivity contribution in [3.05, 3.63) is 58.1 Å². The van der Waals surface area contributed by atoms with Crippen molar-refractivity contribution in [2.75, 3.05) is 5.32 Å². The van der Waals surface area contributed by atoms with Crippen LogP contribution in [0.15, 0.2) is 46.9 Å². The molecule has 3 heteroatoms. The van der Waals surface area contributed by atoms with Gasteiger partial charge in [-0.15, -0.1) is 0 Å². The Morgan fingerprint density at radius 2 is 1.95 bits per heavy atom. The molecule has 2 N–H and O–H groups in total. The summed E-state index contributed by atoms with van der Waals surface area (Å²) in [6, 6.07) is 14.6. The predicted molar refractivity (Wildman–Crippen MR) is 86.4 cm³/mol. The molecule has 0 saturated heterocycles. The average molecular weight is 332 g/mol. The lowest BCUT2D eigenvalue weighted by molar-refractivity contribution is 0.374. The highest BCUT2D eigenvalue weighted by atomic mass is 79.9. The zero-order chi connectivity index (χ0) is 14.1. The van der Waals surface area contributed by atoms with Gasteiger partial charge in [0.25, 0.3) is 0 Å². The SMILES string of the molecule is Cc1cc(O)ccc1NC1CC(c2cccc(Br)c2)C1. The third-order valence-corrected chi connectivity index (χ3v) is 4.52. The van der Waals surface area contributed by atoms with E-state index in [2.05, 4.69) is 45.5 Å². The minimum absolute atomic E-state index is 0.327. The molecule has 0 bridgehead atoms. The lowest BCUT2D eigenvalue weighted by atomic mass is 9.76. The summed E-state index contributed by atoms with van der Waals surface area (Å²) in [5, 5.41) is 13.0. The standard InChI is InChI=1S/C17H18BrNO/c1-11-7-16(20)5-6-17(11)19-15-9-13(10-15)12-3-2-4-14(18)8-12/h2-8,13,15,19-20H,9-10H2,1H3. The molecule has 0 spiro atoms. The van der Waals surface area contributed by atoms with Crippen molar-refractivity contribution in [2.45, 2.75) is 31.7 Å². The number of phenols is 1. The normalized spacial score (nSPS) is 21.3. The van der Waals surface area contributed by atoms with Crippen LogP contribution in [0.5, 0.6) is 5.75 Å². The van der Waals surface area contributed by atoms with Crippen molar-refractivity contribution in [1.29, 1.82) is 0 Å². The molecule has 1 aliphatic rings. The van der Waals surface area contributed by atoms with Gasteiger partial charge in [0, 0.05) is 16.2 Å². The summed E-state index contributed by atoms with van der Waals surface area (Å²) in [5.41, 5.74) is 3.64. The number of hydrogen-bond acceptors (Lipinski definition) is 2. The number of benzene rings is 2. The van der Waals surface area contributed by atoms with E-state index in [1.807, 2.05) is 13.0 Å². The molecule has 1 saturated carbocycles. The smallest absolute Gasteiger partial charge is 0.115 e. The van der Waals surface area contributed by atoms with Crippen LogP contribution in [0.2, 0.25) is 0 Å². The van der Waals surface area contributed by atoms with Crippen LogP contribution in [-0.2, 0) is 0 Å². The molecule has 20 heavy (non-hydrogen) atoms. The van der Waals surface area contributed by atoms with Gasteiger partial charge in [0.2, 0.25) is 0 Å². The first-order valence-corrected chi connectivity index (χ1v) is 7.73. The van der Waals surface area contributed by atoms with Crippen molar-refractivity contribution in [2.24, 2.45) is 0 Å². The number of phenolic OH excluding ortho intramolecular Hbond substituents is 1. The molecule has 0 heterocycles. The van der Waals surface area contributed by atoms with E-state index in [0.717, 1.165) is 28.6 Å². The molecule has 0 aliphatic heterocycles. The number of aryl methyl sites for hydroxylation is 1. The first-order valence-electron chi connectivity index (χ1n) is 6.93. The summed E-state index contributed by atoms with van der Waals surface area (Å²) in [5.74, 6) is 0.982. The number of nitrogens with one attached hydrogen (secondary N) is 1. The van der Waals surface area contributed by atoms with E-state index in [-0.39, 0.29) is 0 Å². The molecule has 3 rings (SSSR count). The van der Waals surface area contributed by atoms with E-state index in [1.165, 1.54) is 5.56 Å². The Labute approximate surface area is 128 Å². The van der Waals surface area contributed by atoms with Gasteiger partial charge in [-0.2, -0.15) is 0 Å². The quantitative estimate of drug-likeness (QED) is 0.790. The van der Waals surface area contributed by atoms with Gasteiger partial charge < -0.3 is 10.4 Å². The van der Waals surface area contributed by atoms with Gasteiger partial charge in [-0.25, -0.2) is 0 Å². The second kappa shape index (κ2) is 5.49. The molecule has 1 fully saturated rings. The van der Waals surface area contributed by atoms with Gasteiger partial charge in [-0.1, -0.05) is 28.1 Å². The predicted octanol–water partition coefficient (Wildman–Crippen LogP) is 4.82. The minimum Gasteiger partial charge on any atom is -0.508 e. The van der Waals surface area contributed by atoms with Gasteiger partial charge >= 0.3 is 0 Å². The number of aromatic hydroxyl groups is 1. The monoisotopic (exact) mass is 331 g/mol. The van der Waals surface area contributed by atoms with Crippen molar-refractivity contribution in [1.82, 2.24) is 0 Å². The van der Waals surface area contributed by atoms with Crippen molar-refractivity contribution in [3.8, 4) is 5.75 Å². The lowest BCUT2D eigenvalue weighted by Crippen LogP contribution is -2.34. The van der Waals surface area contributed by atoms with Crippen LogP contribution < -0.4 is 5.32 Å². The molecule has 0 amide bonds. The fourth-order valence-corrected chi connectivity index (χ4v) is 3.22. The molecule has 2 nitrogen and oxygen atoms in total. The highest BCUT2D eigenvalue weighted by Gasteiger charge is 2.30. The van der Waals surface area contributed by atoms with Gasteiger partial charge in [-0.3, -0.25) is 0 Å². The first kappa shape index (κ1) is 13.5. The number of halogens is 1. The Kier molecular flexibility index (Phi) is 3.70. The van der Waals surface area contributed by atoms with Crippen LogP contribution in [0.4, 0.5) is 5.69 Å². The molecule has 0 atom stereocenters. The van der Waals surface area contributed by atoms with E-state index in [9.17, 15) is 5.11 Å². The van der Waals surface area contributed by atoms with Gasteiger partial charge in [0.15, 0.2) is 0 Å². The van der Waals surface area contributed by atoms with Crippen LogP contribution in [0.1, 0.15) is 29.9 Å². The molecule has 0 aromatic heterocycles. The summed E-state index contributed by atoms with van der Waals surface area (Å²) in [7, 11) is 0. The summed E-state index contributed by atoms with van der Waals surface area (Å²) >= 11 is 3.53. The van der Waals surface area contributed by atoms with E-state index in [4.69, 9.17) is 0 Å². The summed E-state index contributed by atoms with van der Waals surface area (Å²) in [6.07, 6.45) is 2.33. The van der Waals surface area contributed by atoms with Gasteiger partial charge in [-0.05, 0) is 67.1 Å². The number of hydrogen-bond donors (Lipinski definition) is 2. The summed E-state index contributed by atoms with van der Waals surface area (Å²) < 4.78 is 1.15. The zero-order valence-electron chi connectivity index (χ0n) is 11.4. The maximum atomic E-state index is 9.43. The summed E-state index contributed by atoms with van der Waals surface area (Å²) in [4.78, 5) is 0. The van der Waals surface area contributed by atoms with E-state index in [0.29, 0.717) is 17.7 Å². The van der Waals surface area contributed by atoms with Gasteiger partial charge in [0.1, 0.15) is 5.75 Å². The Bertz CT molecular complexity index is 620. The van der Waals surface area contributed by atoms with Crippen LogP contribution in [0.25, 0.3) is 0 Å². The highest BCUT2D eigenvalue weighted by Crippen LogP contribution is 2.39. The van der Waals surface area contributed by atoms with Crippen molar-refractivity contribution >= 4 is 21.6 Å². The molecule has 2 aromatic rings. The van der Waals surface area contributed by atoms with Crippen LogP contribution in [0.3, 0.4) is 0 Å². The molecule has 104 valence electrons. The minimum atomic E-state index is 0.327. The zero-order valence-corrected chi connectivity index (χ0v) is 13.0. The molecule has 0 radical (unpaired) electrons. The van der Waals surface area contributed by atoms with E-state index < -0.39 is 0 Å². The van der Waals surface area contributed by atoms with Crippen LogP contribution in [0, 0.1) is 6.92 Å². The molecule has 1 aliphatic carbocycles. The topological polar surface area (TPSA) is 32.3 Å². The van der Waals surface area contributed by atoms with Crippen LogP contribution in [-0.4, -0.2) is 11.1 Å². The highest BCUT2D eigenvalue weighted by molar-refractivity contribution is 9.10. The number of rotatable bonds is 3. The Morgan fingerprint density at radius 3 is 2.65 bits per heavy atom. The molecule has 2 aromatic carbocycles. The largest absolute Gasteiger partial charge is 0.508 e. The Hall–Kier alpha value is -1.48. The van der Waals surface area contributed by atoms with Crippen molar-refractivity contribution < 1.29 is 5.11 Å². The van der Waals surface area contributed by atoms with Gasteiger partial charge in [0.05, 0.1) is 0 Å². The van der Waals surface area contributed by atoms with Crippen molar-refractivity contribution in [3.63, 3.8) is 0 Å². The third kappa shape index (κ3) is 2.83. The first-order chi connectivity index (χ1) is 9.61. The average Bonchev–Trinajstić information content (AvgIpc) is 2.35. The van der Waals surface area contributed by atoms with E-state index >= 15 is 0 Å². The third-order valence-electron chi connectivity index (χ3n) is 4.03. The molecule has 0 unspecified atom stereocenters. The maximum Gasteiger partial charge on any atom is 0.115 e.